The molecule has 2 heterocycles. The fraction of sp³-hybridized carbons (Fsp3) is 0.167. The Kier molecular flexibility index (Phi) is 6.08. The normalized spacial score (nSPS) is 14.8. The summed E-state index contributed by atoms with van der Waals surface area (Å²) < 4.78 is 10.9. The van der Waals surface area contributed by atoms with Crippen LogP contribution >= 0.6 is 22.9 Å². The highest BCUT2D eigenvalue weighted by atomic mass is 35.5. The molecule has 0 aliphatic carbocycles. The van der Waals surface area contributed by atoms with Crippen molar-refractivity contribution in [1.82, 2.24) is 0 Å². The number of fused-ring (bicyclic) bond motifs is 1. The molecule has 2 N–H and O–H groups in total. The minimum absolute atomic E-state index is 0.100. The molecule has 6 nitrogen and oxygen atoms in total. The van der Waals surface area contributed by atoms with Crippen molar-refractivity contribution in [2.45, 2.75) is 12.3 Å². The number of carboxylic acid groups (broad SMARTS) is 1. The molecule has 3 aromatic rings. The van der Waals surface area contributed by atoms with E-state index in [4.69, 9.17) is 27.5 Å². The first-order chi connectivity index (χ1) is 15.4. The van der Waals surface area contributed by atoms with Crippen LogP contribution in [-0.4, -0.2) is 30.7 Å². The maximum Gasteiger partial charge on any atom is 0.346 e. The summed E-state index contributed by atoms with van der Waals surface area (Å²) in [5.41, 5.74) is 2.48. The molecule has 8 heteroatoms. The molecule has 1 unspecified atom stereocenters. The van der Waals surface area contributed by atoms with E-state index in [1.165, 1.54) is 7.11 Å². The van der Waals surface area contributed by atoms with Gasteiger partial charge in [-0.3, -0.25) is 4.79 Å². The lowest BCUT2D eigenvalue weighted by Crippen LogP contribution is -2.22. The van der Waals surface area contributed by atoms with Gasteiger partial charge in [0.25, 0.3) is 0 Å². The van der Waals surface area contributed by atoms with E-state index in [0.717, 1.165) is 21.8 Å². The van der Waals surface area contributed by atoms with Crippen LogP contribution in [0.25, 0.3) is 11.1 Å². The summed E-state index contributed by atoms with van der Waals surface area (Å²) in [5, 5.41) is 13.3. The lowest BCUT2D eigenvalue weighted by molar-refractivity contribution is -0.116. The van der Waals surface area contributed by atoms with Crippen molar-refractivity contribution in [3.8, 4) is 35.0 Å². The number of carbonyl (C=O) groups is 2. The van der Waals surface area contributed by atoms with Gasteiger partial charge in [-0.1, -0.05) is 35.7 Å². The molecular weight excluding hydrogens is 450 g/mol. The minimum Gasteiger partial charge on any atom is -0.493 e. The van der Waals surface area contributed by atoms with Gasteiger partial charge in [0.2, 0.25) is 5.91 Å². The number of halogens is 1. The summed E-state index contributed by atoms with van der Waals surface area (Å²) >= 11 is 7.16. The van der Waals surface area contributed by atoms with E-state index in [1.54, 1.807) is 36.4 Å². The molecule has 0 saturated heterocycles. The quantitative estimate of drug-likeness (QED) is 0.483. The zero-order valence-corrected chi connectivity index (χ0v) is 18.5. The first-order valence-electron chi connectivity index (χ1n) is 9.63. The number of nitrogens with one attached hydrogen (secondary N) is 1. The minimum atomic E-state index is -1.06. The first kappa shape index (κ1) is 21.8. The van der Waals surface area contributed by atoms with Crippen molar-refractivity contribution in [1.29, 1.82) is 0 Å². The molecule has 0 saturated carbocycles. The van der Waals surface area contributed by atoms with E-state index in [0.29, 0.717) is 33.3 Å². The van der Waals surface area contributed by atoms with Gasteiger partial charge in [0.05, 0.1) is 12.8 Å². The van der Waals surface area contributed by atoms with Crippen molar-refractivity contribution < 1.29 is 24.2 Å². The monoisotopic (exact) mass is 467 g/mol. The standard InChI is InChI=1S/C24H18ClNO5S/c1-3-10-31-17-9-6-14(11-18(17)30-2)16-12-19(27)26-21-20(13-4-7-15(25)8-5-13)23(24(28)29)32-22(16)21/h1,4-9,11,16H,10,12H2,2H3,(H,26,27)(H,28,29). The smallest absolute Gasteiger partial charge is 0.346 e. The molecule has 4 rings (SSSR count). The van der Waals surface area contributed by atoms with Crippen molar-refractivity contribution in [2.75, 3.05) is 19.0 Å². The Hall–Kier alpha value is -3.47. The number of carboxylic acids is 1. The van der Waals surface area contributed by atoms with E-state index in [9.17, 15) is 14.7 Å². The zero-order valence-electron chi connectivity index (χ0n) is 17.0. The van der Waals surface area contributed by atoms with Gasteiger partial charge < -0.3 is 19.9 Å². The van der Waals surface area contributed by atoms with Crippen LogP contribution in [0.5, 0.6) is 11.5 Å². The van der Waals surface area contributed by atoms with Gasteiger partial charge in [-0.25, -0.2) is 4.79 Å². The molecule has 0 radical (unpaired) electrons. The van der Waals surface area contributed by atoms with Gasteiger partial charge in [-0.2, -0.15) is 0 Å². The number of ether oxygens (including phenoxy) is 2. The Labute approximate surface area is 193 Å². The molecule has 1 aromatic heterocycles. The molecule has 0 fully saturated rings. The van der Waals surface area contributed by atoms with Gasteiger partial charge in [0.15, 0.2) is 11.5 Å². The maximum absolute atomic E-state index is 12.6. The fourth-order valence-electron chi connectivity index (χ4n) is 3.74. The Morgan fingerprint density at radius 3 is 2.69 bits per heavy atom. The van der Waals surface area contributed by atoms with Crippen molar-refractivity contribution >= 4 is 40.5 Å². The number of hydrogen-bond acceptors (Lipinski definition) is 5. The van der Waals surface area contributed by atoms with E-state index >= 15 is 0 Å². The van der Waals surface area contributed by atoms with Crippen molar-refractivity contribution in [3.63, 3.8) is 0 Å². The number of methoxy groups -OCH3 is 1. The predicted molar refractivity (Wildman–Crippen MR) is 124 cm³/mol. The van der Waals surface area contributed by atoms with E-state index in [-0.39, 0.29) is 29.7 Å². The SMILES string of the molecule is C#CCOc1ccc(C2CC(=O)Nc3c2sc(C(=O)O)c3-c2ccc(Cl)cc2)cc1OC. The summed E-state index contributed by atoms with van der Waals surface area (Å²) in [4.78, 5) is 25.6. The van der Waals surface area contributed by atoms with Crippen molar-refractivity contribution in [2.24, 2.45) is 0 Å². The second kappa shape index (κ2) is 8.95. The van der Waals surface area contributed by atoms with Crippen LogP contribution in [-0.2, 0) is 4.79 Å². The Morgan fingerprint density at radius 2 is 2.03 bits per heavy atom. The number of amides is 1. The third-order valence-corrected chi connectivity index (χ3v) is 6.68. The van der Waals surface area contributed by atoms with E-state index in [2.05, 4.69) is 11.2 Å². The molecule has 1 aliphatic rings. The Bertz CT molecular complexity index is 1240. The number of terminal acetylenes is 1. The van der Waals surface area contributed by atoms with Gasteiger partial charge in [-0.15, -0.1) is 17.8 Å². The van der Waals surface area contributed by atoms with Gasteiger partial charge in [0, 0.05) is 27.8 Å². The Morgan fingerprint density at radius 1 is 1.28 bits per heavy atom. The molecule has 1 amide bonds. The number of anilines is 1. The topological polar surface area (TPSA) is 84.9 Å². The molecule has 2 aromatic carbocycles. The summed E-state index contributed by atoms with van der Waals surface area (Å²) in [7, 11) is 1.52. The summed E-state index contributed by atoms with van der Waals surface area (Å²) in [5.74, 6) is 1.80. The van der Waals surface area contributed by atoms with Crippen LogP contribution in [0.2, 0.25) is 5.02 Å². The highest BCUT2D eigenvalue weighted by molar-refractivity contribution is 7.15. The second-order valence-corrected chi connectivity index (χ2v) is 8.55. The second-order valence-electron chi connectivity index (χ2n) is 7.07. The third kappa shape index (κ3) is 4.03. The number of rotatable bonds is 6. The van der Waals surface area contributed by atoms with Crippen LogP contribution in [0.15, 0.2) is 42.5 Å². The highest BCUT2D eigenvalue weighted by Crippen LogP contribution is 2.50. The number of aromatic carboxylic acids is 1. The number of hydrogen-bond donors (Lipinski definition) is 2. The van der Waals surface area contributed by atoms with E-state index < -0.39 is 5.97 Å². The maximum atomic E-state index is 12.6. The van der Waals surface area contributed by atoms with Crippen LogP contribution in [0, 0.1) is 12.3 Å². The number of thiophene rings is 1. The van der Waals surface area contributed by atoms with Crippen LogP contribution in [0.3, 0.4) is 0 Å². The highest BCUT2D eigenvalue weighted by Gasteiger charge is 2.34. The molecule has 1 aliphatic heterocycles. The first-order valence-corrected chi connectivity index (χ1v) is 10.8. The molecule has 1 atom stereocenters. The third-order valence-electron chi connectivity index (χ3n) is 5.13. The number of carbonyl (C=O) groups excluding carboxylic acids is 1. The largest absolute Gasteiger partial charge is 0.493 e. The van der Waals surface area contributed by atoms with Crippen LogP contribution < -0.4 is 14.8 Å². The summed E-state index contributed by atoms with van der Waals surface area (Å²) in [6.45, 7) is 0.100. The van der Waals surface area contributed by atoms with E-state index in [1.807, 2.05) is 6.07 Å². The zero-order chi connectivity index (χ0) is 22.8. The average molecular weight is 468 g/mol. The van der Waals surface area contributed by atoms with Gasteiger partial charge >= 0.3 is 5.97 Å². The van der Waals surface area contributed by atoms with Crippen LogP contribution in [0.1, 0.15) is 32.5 Å². The molecule has 0 spiro atoms. The average Bonchev–Trinajstić information content (AvgIpc) is 3.17. The van der Waals surface area contributed by atoms with Crippen LogP contribution in [0.4, 0.5) is 5.69 Å². The predicted octanol–water partition coefficient (Wildman–Crippen LogP) is 5.26. The number of benzene rings is 2. The lowest BCUT2D eigenvalue weighted by atomic mass is 9.88. The molecular formula is C24H18ClNO5S. The lowest BCUT2D eigenvalue weighted by Gasteiger charge is -2.24. The fourth-order valence-corrected chi connectivity index (χ4v) is 5.11. The molecule has 162 valence electrons. The summed E-state index contributed by atoms with van der Waals surface area (Å²) in [6.07, 6.45) is 5.45. The van der Waals surface area contributed by atoms with Crippen molar-refractivity contribution in [3.05, 3.63) is 62.8 Å². The summed E-state index contributed by atoms with van der Waals surface area (Å²) in [6, 6.07) is 12.2. The molecule has 32 heavy (non-hydrogen) atoms. The van der Waals surface area contributed by atoms with Gasteiger partial charge in [0.1, 0.15) is 11.5 Å². The van der Waals surface area contributed by atoms with Gasteiger partial charge in [-0.05, 0) is 35.4 Å². The Balaban J connectivity index is 1.85. The molecule has 0 bridgehead atoms.